The van der Waals surface area contributed by atoms with Crippen LogP contribution in [0.1, 0.15) is 59.9 Å². The smallest absolute Gasteiger partial charge is 0.192 e. The van der Waals surface area contributed by atoms with Gasteiger partial charge in [-0.05, 0) is 40.3 Å². The fourth-order valence-electron chi connectivity index (χ4n) is 6.54. The summed E-state index contributed by atoms with van der Waals surface area (Å²) in [5.41, 5.74) is 5.87. The Kier molecular flexibility index (Phi) is 4.71. The largest absolute Gasteiger partial charge is 0.467 e. The molecule has 2 aliphatic carbocycles. The van der Waals surface area contributed by atoms with Gasteiger partial charge in [0.05, 0.1) is 18.5 Å². The van der Waals surface area contributed by atoms with Crippen LogP contribution in [0.15, 0.2) is 106 Å². The number of nitrogens with zero attached hydrogens (tertiary/aromatic N) is 1. The summed E-state index contributed by atoms with van der Waals surface area (Å²) in [7, 11) is 0. The van der Waals surface area contributed by atoms with Gasteiger partial charge in [-0.1, -0.05) is 80.6 Å². The Bertz CT molecular complexity index is 1660. The number of benzene rings is 3. The lowest BCUT2D eigenvalue weighted by molar-refractivity contribution is -0.118. The minimum Gasteiger partial charge on any atom is -0.467 e. The number of carbonyl (C=O) groups is 2. The van der Waals surface area contributed by atoms with Crippen molar-refractivity contribution in [3.63, 3.8) is 0 Å². The number of carbonyl (C=O) groups excluding carboxylic acids is 2. The predicted molar refractivity (Wildman–Crippen MR) is 144 cm³/mol. The molecule has 1 aromatic heterocycles. The number of Topliss-reactive ketones (excluding diaryl/α,β-unsaturated/α-hetero) is 2. The third-order valence-corrected chi connectivity index (χ3v) is 8.02. The average Bonchev–Trinajstić information content (AvgIpc) is 3.50. The van der Waals surface area contributed by atoms with E-state index in [0.717, 1.165) is 51.0 Å². The van der Waals surface area contributed by atoms with Crippen molar-refractivity contribution in [3.8, 4) is 0 Å². The lowest BCUT2D eigenvalue weighted by atomic mass is 9.67. The van der Waals surface area contributed by atoms with Crippen LogP contribution in [-0.4, -0.2) is 16.5 Å². The molecule has 4 nitrogen and oxygen atoms in total. The van der Waals surface area contributed by atoms with Crippen molar-refractivity contribution in [3.05, 3.63) is 124 Å². The molecule has 0 fully saturated rings. The zero-order valence-corrected chi connectivity index (χ0v) is 21.0. The van der Waals surface area contributed by atoms with Crippen LogP contribution in [-0.2, 0) is 11.3 Å². The molecule has 0 N–H and O–H groups in total. The first-order valence-electron chi connectivity index (χ1n) is 12.8. The van der Waals surface area contributed by atoms with Crippen LogP contribution in [0.5, 0.6) is 0 Å². The molecule has 182 valence electrons. The summed E-state index contributed by atoms with van der Waals surface area (Å²) >= 11 is 0. The van der Waals surface area contributed by atoms with Gasteiger partial charge in [0.15, 0.2) is 11.6 Å². The fraction of sp³-hybridized carbons (Fsp3) is 0.212. The number of fused-ring (bicyclic) bond motifs is 3. The normalized spacial score (nSPS) is 20.4. The molecular weight excluding hydrogens is 458 g/mol. The van der Waals surface area contributed by atoms with Gasteiger partial charge < -0.3 is 9.32 Å². The van der Waals surface area contributed by atoms with Gasteiger partial charge in [-0.3, -0.25) is 9.59 Å². The van der Waals surface area contributed by atoms with Crippen molar-refractivity contribution in [2.75, 3.05) is 0 Å². The highest BCUT2D eigenvalue weighted by molar-refractivity contribution is 6.23. The van der Waals surface area contributed by atoms with Gasteiger partial charge >= 0.3 is 0 Å². The van der Waals surface area contributed by atoms with Crippen LogP contribution >= 0.6 is 0 Å². The molecule has 1 atom stereocenters. The van der Waals surface area contributed by atoms with Crippen molar-refractivity contribution in [2.45, 2.75) is 39.2 Å². The number of hydrogen-bond donors (Lipinski definition) is 0. The van der Waals surface area contributed by atoms with Crippen LogP contribution in [0.4, 0.5) is 0 Å². The Morgan fingerprint density at radius 3 is 2.41 bits per heavy atom. The minimum atomic E-state index is -0.410. The van der Waals surface area contributed by atoms with Crippen LogP contribution in [0.3, 0.4) is 0 Å². The SMILES string of the molecule is CC1(C)CC(=O)C2=C(C1)N(Cc1ccco1)C1=C(C(=O)c3ccccc31)C2c1cccc2ccccc12. The molecule has 3 aliphatic rings. The molecule has 2 heterocycles. The van der Waals surface area contributed by atoms with E-state index in [1.54, 1.807) is 6.26 Å². The van der Waals surface area contributed by atoms with Crippen molar-refractivity contribution < 1.29 is 14.0 Å². The maximum atomic E-state index is 14.2. The number of hydrogen-bond acceptors (Lipinski definition) is 4. The molecule has 0 saturated carbocycles. The van der Waals surface area contributed by atoms with E-state index in [1.165, 1.54) is 0 Å². The van der Waals surface area contributed by atoms with Crippen molar-refractivity contribution in [1.82, 2.24) is 4.90 Å². The Morgan fingerprint density at radius 2 is 1.59 bits per heavy atom. The zero-order valence-electron chi connectivity index (χ0n) is 21.0. The topological polar surface area (TPSA) is 50.5 Å². The highest BCUT2D eigenvalue weighted by atomic mass is 16.3. The van der Waals surface area contributed by atoms with E-state index in [1.807, 2.05) is 54.6 Å². The van der Waals surface area contributed by atoms with E-state index >= 15 is 0 Å². The van der Waals surface area contributed by atoms with E-state index in [4.69, 9.17) is 4.42 Å². The summed E-state index contributed by atoms with van der Waals surface area (Å²) in [5, 5.41) is 2.18. The summed E-state index contributed by atoms with van der Waals surface area (Å²) in [6.45, 7) is 4.78. The quantitative estimate of drug-likeness (QED) is 0.306. The first kappa shape index (κ1) is 22.1. The summed E-state index contributed by atoms with van der Waals surface area (Å²) in [6, 6.07) is 26.1. The average molecular weight is 486 g/mol. The van der Waals surface area contributed by atoms with E-state index in [2.05, 4.69) is 43.0 Å². The highest BCUT2D eigenvalue weighted by Crippen LogP contribution is 2.56. The van der Waals surface area contributed by atoms with Crippen molar-refractivity contribution in [1.29, 1.82) is 0 Å². The van der Waals surface area contributed by atoms with Gasteiger partial charge in [-0.25, -0.2) is 0 Å². The number of rotatable bonds is 3. The number of ketones is 2. The van der Waals surface area contributed by atoms with Crippen molar-refractivity contribution in [2.24, 2.45) is 5.41 Å². The maximum absolute atomic E-state index is 14.2. The molecule has 4 aromatic rings. The Hall–Kier alpha value is -4.18. The zero-order chi connectivity index (χ0) is 25.3. The third-order valence-electron chi connectivity index (χ3n) is 8.02. The van der Waals surface area contributed by atoms with Crippen LogP contribution in [0.2, 0.25) is 0 Å². The lowest BCUT2D eigenvalue weighted by Gasteiger charge is -2.44. The second kappa shape index (κ2) is 7.91. The summed E-state index contributed by atoms with van der Waals surface area (Å²) in [4.78, 5) is 30.4. The number of furan rings is 1. The molecule has 0 spiro atoms. The summed E-state index contributed by atoms with van der Waals surface area (Å²) in [5.74, 6) is 0.531. The predicted octanol–water partition coefficient (Wildman–Crippen LogP) is 7.28. The first-order chi connectivity index (χ1) is 17.9. The van der Waals surface area contributed by atoms with Gasteiger partial charge in [0.2, 0.25) is 0 Å². The van der Waals surface area contributed by atoms with E-state index in [-0.39, 0.29) is 17.0 Å². The second-order valence-corrected chi connectivity index (χ2v) is 11.1. The molecule has 0 saturated heterocycles. The van der Waals surface area contributed by atoms with E-state index in [9.17, 15) is 9.59 Å². The molecule has 0 radical (unpaired) electrons. The van der Waals surface area contributed by atoms with Crippen LogP contribution in [0, 0.1) is 5.41 Å². The minimum absolute atomic E-state index is 0.0113. The second-order valence-electron chi connectivity index (χ2n) is 11.1. The molecule has 1 aliphatic heterocycles. The monoisotopic (exact) mass is 485 g/mol. The Morgan fingerprint density at radius 1 is 0.838 bits per heavy atom. The van der Waals surface area contributed by atoms with Gasteiger partial charge in [0.25, 0.3) is 0 Å². The van der Waals surface area contributed by atoms with Crippen LogP contribution < -0.4 is 0 Å². The lowest BCUT2D eigenvalue weighted by Crippen LogP contribution is -2.39. The summed E-state index contributed by atoms with van der Waals surface area (Å²) < 4.78 is 5.77. The van der Waals surface area contributed by atoms with Crippen LogP contribution in [0.25, 0.3) is 16.5 Å². The van der Waals surface area contributed by atoms with E-state index < -0.39 is 5.92 Å². The summed E-state index contributed by atoms with van der Waals surface area (Å²) in [6.07, 6.45) is 2.89. The molecule has 37 heavy (non-hydrogen) atoms. The fourth-order valence-corrected chi connectivity index (χ4v) is 6.54. The van der Waals surface area contributed by atoms with Gasteiger partial charge in [0, 0.05) is 40.3 Å². The standard InChI is InChI=1S/C33H27NO3/c1-33(2)17-26-29(27(35)18-33)28(23-15-7-10-20-9-3-4-12-22(20)23)30-31(34(26)19-21-11-8-16-37-21)24-13-5-6-14-25(24)32(30)36/h3-16,28H,17-19H2,1-2H3. The van der Waals surface area contributed by atoms with Gasteiger partial charge in [-0.15, -0.1) is 0 Å². The van der Waals surface area contributed by atoms with Gasteiger partial charge in [-0.2, -0.15) is 0 Å². The molecule has 0 amide bonds. The van der Waals surface area contributed by atoms with Gasteiger partial charge in [0.1, 0.15) is 5.76 Å². The number of allylic oxidation sites excluding steroid dienone is 3. The first-order valence-corrected chi connectivity index (χ1v) is 12.8. The maximum Gasteiger partial charge on any atom is 0.192 e. The molecule has 1 unspecified atom stereocenters. The van der Waals surface area contributed by atoms with E-state index in [0.29, 0.717) is 24.1 Å². The Balaban J connectivity index is 1.56. The van der Waals surface area contributed by atoms with Crippen molar-refractivity contribution >= 4 is 28.0 Å². The highest BCUT2D eigenvalue weighted by Gasteiger charge is 2.49. The molecule has 0 bridgehead atoms. The third kappa shape index (κ3) is 3.28. The Labute approximate surface area is 215 Å². The molecule has 4 heteroatoms. The molecule has 3 aromatic carbocycles. The molecule has 7 rings (SSSR count). The molecular formula is C33H27NO3.